The topological polar surface area (TPSA) is 55.1 Å². The standard InChI is InChI=1S/C13H22N2O2S/c1-9(2)5-6-15-11(10(3)4)7-14-13(15)18-8-12(16)17/h7,9-10H,5-6,8H2,1-4H3,(H,16,17). The fourth-order valence-electron chi connectivity index (χ4n) is 1.69. The van der Waals surface area contributed by atoms with Crippen LogP contribution in [-0.2, 0) is 11.3 Å². The fraction of sp³-hybridized carbons (Fsp3) is 0.692. The molecular formula is C13H22N2O2S. The van der Waals surface area contributed by atoms with E-state index in [1.54, 1.807) is 0 Å². The van der Waals surface area contributed by atoms with E-state index in [-0.39, 0.29) is 5.75 Å². The lowest BCUT2D eigenvalue weighted by molar-refractivity contribution is -0.133. The summed E-state index contributed by atoms with van der Waals surface area (Å²) in [6, 6.07) is 0. The number of carboxylic acids is 1. The quantitative estimate of drug-likeness (QED) is 0.773. The van der Waals surface area contributed by atoms with Gasteiger partial charge in [0.2, 0.25) is 0 Å². The molecule has 0 fully saturated rings. The minimum absolute atomic E-state index is 0.0657. The average Bonchev–Trinajstić information content (AvgIpc) is 2.66. The fourth-order valence-corrected chi connectivity index (χ4v) is 2.42. The molecule has 0 aliphatic heterocycles. The molecule has 0 aliphatic carbocycles. The summed E-state index contributed by atoms with van der Waals surface area (Å²) in [5, 5.41) is 9.56. The van der Waals surface area contributed by atoms with Crippen LogP contribution in [0.5, 0.6) is 0 Å². The Morgan fingerprint density at radius 2 is 2.11 bits per heavy atom. The SMILES string of the molecule is CC(C)CCn1c(C(C)C)cnc1SCC(=O)O. The Hall–Kier alpha value is -0.970. The third kappa shape index (κ3) is 4.37. The van der Waals surface area contributed by atoms with Gasteiger partial charge in [-0.05, 0) is 18.3 Å². The predicted octanol–water partition coefficient (Wildman–Crippen LogP) is 3.23. The third-order valence-corrected chi connectivity index (χ3v) is 3.67. The Labute approximate surface area is 113 Å². The van der Waals surface area contributed by atoms with Crippen molar-refractivity contribution in [1.82, 2.24) is 9.55 Å². The van der Waals surface area contributed by atoms with Crippen LogP contribution in [0.4, 0.5) is 0 Å². The number of hydrogen-bond acceptors (Lipinski definition) is 3. The molecule has 0 atom stereocenters. The number of hydrogen-bond donors (Lipinski definition) is 1. The lowest BCUT2D eigenvalue weighted by Gasteiger charge is -2.14. The van der Waals surface area contributed by atoms with E-state index < -0.39 is 5.97 Å². The third-order valence-electron chi connectivity index (χ3n) is 2.70. The summed E-state index contributed by atoms with van der Waals surface area (Å²) in [5.41, 5.74) is 1.18. The minimum Gasteiger partial charge on any atom is -0.481 e. The molecule has 1 rings (SSSR count). The van der Waals surface area contributed by atoms with E-state index in [0.717, 1.165) is 18.1 Å². The molecule has 1 aromatic rings. The van der Waals surface area contributed by atoms with Crippen LogP contribution in [-0.4, -0.2) is 26.4 Å². The Bertz CT molecular complexity index is 400. The van der Waals surface area contributed by atoms with Crippen LogP contribution in [0.1, 0.15) is 45.7 Å². The normalized spacial score (nSPS) is 11.4. The molecule has 5 heteroatoms. The molecule has 0 spiro atoms. The maximum atomic E-state index is 10.6. The van der Waals surface area contributed by atoms with Crippen LogP contribution in [0, 0.1) is 5.92 Å². The number of imidazole rings is 1. The highest BCUT2D eigenvalue weighted by Gasteiger charge is 2.14. The Balaban J connectivity index is 2.84. The van der Waals surface area contributed by atoms with Crippen molar-refractivity contribution in [3.8, 4) is 0 Å². The zero-order chi connectivity index (χ0) is 13.7. The van der Waals surface area contributed by atoms with Crippen LogP contribution in [0.2, 0.25) is 0 Å². The van der Waals surface area contributed by atoms with Crippen molar-refractivity contribution >= 4 is 17.7 Å². The van der Waals surface area contributed by atoms with Gasteiger partial charge in [-0.15, -0.1) is 0 Å². The Kier molecular flexibility index (Phi) is 5.72. The summed E-state index contributed by atoms with van der Waals surface area (Å²) < 4.78 is 2.16. The minimum atomic E-state index is -0.801. The van der Waals surface area contributed by atoms with Gasteiger partial charge >= 0.3 is 5.97 Å². The van der Waals surface area contributed by atoms with Crippen LogP contribution in [0.15, 0.2) is 11.4 Å². The lowest BCUT2D eigenvalue weighted by atomic mass is 10.1. The number of carboxylic acid groups (broad SMARTS) is 1. The summed E-state index contributed by atoms with van der Waals surface area (Å²) in [6.45, 7) is 9.56. The molecule has 0 radical (unpaired) electrons. The van der Waals surface area contributed by atoms with Gasteiger partial charge in [0.15, 0.2) is 5.16 Å². The summed E-state index contributed by atoms with van der Waals surface area (Å²) in [5.74, 6) is 0.300. The first-order valence-corrected chi connectivity index (χ1v) is 7.30. The molecule has 18 heavy (non-hydrogen) atoms. The maximum absolute atomic E-state index is 10.6. The van der Waals surface area contributed by atoms with Crippen molar-refractivity contribution in [3.05, 3.63) is 11.9 Å². The highest BCUT2D eigenvalue weighted by Crippen LogP contribution is 2.24. The van der Waals surface area contributed by atoms with Crippen molar-refractivity contribution in [2.45, 2.75) is 51.7 Å². The van der Waals surface area contributed by atoms with Gasteiger partial charge in [0.25, 0.3) is 0 Å². The molecule has 102 valence electrons. The smallest absolute Gasteiger partial charge is 0.313 e. The van der Waals surface area contributed by atoms with Gasteiger partial charge in [-0.1, -0.05) is 39.5 Å². The molecule has 1 N–H and O–H groups in total. The monoisotopic (exact) mass is 270 g/mol. The Morgan fingerprint density at radius 3 is 2.61 bits per heavy atom. The molecule has 0 saturated heterocycles. The summed E-state index contributed by atoms with van der Waals surface area (Å²) in [4.78, 5) is 15.0. The van der Waals surface area contributed by atoms with Gasteiger partial charge in [0.1, 0.15) is 0 Å². The highest BCUT2D eigenvalue weighted by atomic mass is 32.2. The van der Waals surface area contributed by atoms with Crippen molar-refractivity contribution < 1.29 is 9.90 Å². The number of rotatable bonds is 7. The van der Waals surface area contributed by atoms with Crippen LogP contribution >= 0.6 is 11.8 Å². The average molecular weight is 270 g/mol. The zero-order valence-corrected chi connectivity index (χ0v) is 12.3. The summed E-state index contributed by atoms with van der Waals surface area (Å²) >= 11 is 1.30. The van der Waals surface area contributed by atoms with Crippen molar-refractivity contribution in [3.63, 3.8) is 0 Å². The predicted molar refractivity (Wildman–Crippen MR) is 74.1 cm³/mol. The molecule has 1 heterocycles. The molecule has 0 aliphatic rings. The molecule has 0 aromatic carbocycles. The summed E-state index contributed by atoms with van der Waals surface area (Å²) in [6.07, 6.45) is 2.95. The second kappa shape index (κ2) is 6.83. The number of carbonyl (C=O) groups is 1. The molecule has 0 unspecified atom stereocenters. The van der Waals surface area contributed by atoms with E-state index in [0.29, 0.717) is 11.8 Å². The number of aliphatic carboxylic acids is 1. The van der Waals surface area contributed by atoms with E-state index in [1.165, 1.54) is 17.5 Å². The highest BCUT2D eigenvalue weighted by molar-refractivity contribution is 7.99. The number of aromatic nitrogens is 2. The first-order chi connectivity index (χ1) is 8.41. The first-order valence-electron chi connectivity index (χ1n) is 6.31. The van der Waals surface area contributed by atoms with E-state index in [2.05, 4.69) is 37.2 Å². The molecule has 0 saturated carbocycles. The van der Waals surface area contributed by atoms with Gasteiger partial charge in [-0.3, -0.25) is 4.79 Å². The van der Waals surface area contributed by atoms with Crippen LogP contribution in [0.25, 0.3) is 0 Å². The van der Waals surface area contributed by atoms with Gasteiger partial charge in [0.05, 0.1) is 5.75 Å². The second-order valence-corrected chi connectivity index (χ2v) is 6.08. The number of nitrogens with zero attached hydrogens (tertiary/aromatic N) is 2. The molecular weight excluding hydrogens is 248 g/mol. The first kappa shape index (κ1) is 15.1. The lowest BCUT2D eigenvalue weighted by Crippen LogP contribution is -2.09. The van der Waals surface area contributed by atoms with Crippen molar-refractivity contribution in [2.75, 3.05) is 5.75 Å². The van der Waals surface area contributed by atoms with E-state index >= 15 is 0 Å². The van der Waals surface area contributed by atoms with Crippen molar-refractivity contribution in [1.29, 1.82) is 0 Å². The number of thioether (sulfide) groups is 1. The maximum Gasteiger partial charge on any atom is 0.313 e. The second-order valence-electron chi connectivity index (χ2n) is 5.14. The largest absolute Gasteiger partial charge is 0.481 e. The van der Waals surface area contributed by atoms with E-state index in [9.17, 15) is 4.79 Å². The van der Waals surface area contributed by atoms with Gasteiger partial charge in [-0.25, -0.2) is 4.98 Å². The molecule has 0 bridgehead atoms. The van der Waals surface area contributed by atoms with Crippen LogP contribution in [0.3, 0.4) is 0 Å². The molecule has 0 amide bonds. The van der Waals surface area contributed by atoms with Gasteiger partial charge in [-0.2, -0.15) is 0 Å². The van der Waals surface area contributed by atoms with E-state index in [4.69, 9.17) is 5.11 Å². The molecule has 4 nitrogen and oxygen atoms in total. The Morgan fingerprint density at radius 1 is 1.44 bits per heavy atom. The van der Waals surface area contributed by atoms with E-state index in [1.807, 2.05) is 6.20 Å². The molecule has 1 aromatic heterocycles. The zero-order valence-electron chi connectivity index (χ0n) is 11.5. The van der Waals surface area contributed by atoms with Crippen LogP contribution < -0.4 is 0 Å². The van der Waals surface area contributed by atoms with Gasteiger partial charge in [0, 0.05) is 18.4 Å². The van der Waals surface area contributed by atoms with Crippen molar-refractivity contribution in [2.24, 2.45) is 5.92 Å². The van der Waals surface area contributed by atoms with Gasteiger partial charge < -0.3 is 9.67 Å². The summed E-state index contributed by atoms with van der Waals surface area (Å²) in [7, 11) is 0.